The van der Waals surface area contributed by atoms with Crippen LogP contribution in [0, 0.1) is 4.91 Å². The Morgan fingerprint density at radius 1 is 0.489 bits per heavy atom. The summed E-state index contributed by atoms with van der Waals surface area (Å²) in [6.07, 6.45) is 0.0688. The van der Waals surface area contributed by atoms with E-state index in [2.05, 4.69) is 56.0 Å². The number of nitrogens with one attached hydrogen (secondary N) is 5. The number of methoxy groups -OCH3 is 1. The van der Waals surface area contributed by atoms with E-state index in [9.17, 15) is 28.9 Å². The summed E-state index contributed by atoms with van der Waals surface area (Å²) in [5, 5.41) is 18.2. The molecule has 0 saturated heterocycles. The van der Waals surface area contributed by atoms with Crippen molar-refractivity contribution in [2.75, 3.05) is 125 Å². The predicted octanol–water partition coefficient (Wildman–Crippen LogP) is 7.68. The van der Waals surface area contributed by atoms with Crippen LogP contribution in [0.25, 0.3) is 0 Å². The number of carbonyl (C=O) groups is 5. The molecule has 0 radical (unpaired) electrons. The van der Waals surface area contributed by atoms with Gasteiger partial charge in [0, 0.05) is 38.0 Å². The van der Waals surface area contributed by atoms with Gasteiger partial charge in [-0.25, -0.2) is 4.79 Å². The highest BCUT2D eigenvalue weighted by molar-refractivity contribution is 5.98. The number of hydrogen-bond acceptors (Lipinski definition) is 19. The molecule has 0 fully saturated rings. The Labute approximate surface area is 537 Å². The molecular weight excluding hydrogens is 1180 g/mol. The zero-order chi connectivity index (χ0) is 65.1. The summed E-state index contributed by atoms with van der Waals surface area (Å²) in [6.45, 7) is 6.94. The van der Waals surface area contributed by atoms with Crippen molar-refractivity contribution in [3.63, 3.8) is 0 Å². The van der Waals surface area contributed by atoms with Crippen molar-refractivity contribution < 1.29 is 71.3 Å². The highest BCUT2D eigenvalue weighted by Crippen LogP contribution is 2.37. The summed E-state index contributed by atoms with van der Waals surface area (Å²) < 4.78 is 54.3. The summed E-state index contributed by atoms with van der Waals surface area (Å²) in [6, 6.07) is 47.5. The van der Waals surface area contributed by atoms with Crippen LogP contribution in [0.15, 0.2) is 169 Å². The van der Waals surface area contributed by atoms with Crippen LogP contribution in [0.4, 0.5) is 16.2 Å². The van der Waals surface area contributed by atoms with Gasteiger partial charge in [0.2, 0.25) is 23.6 Å². The normalized spacial score (nSPS) is 11.8. The number of rotatable bonds is 47. The van der Waals surface area contributed by atoms with Crippen molar-refractivity contribution in [1.82, 2.24) is 21.3 Å². The number of carbonyl (C=O) groups excluding carboxylic acids is 5. The minimum atomic E-state index is -1.12. The summed E-state index contributed by atoms with van der Waals surface area (Å²) in [5.74, 6) is -1.11. The molecule has 0 aliphatic carbocycles. The largest absolute Gasteiger partial charge is 0.514 e. The molecule has 2 atom stereocenters. The zero-order valence-electron chi connectivity index (χ0n) is 52.3. The number of nitrogens with two attached hydrogens (primary N) is 1. The number of nitroso groups, excluding NO2 is 1. The lowest BCUT2D eigenvalue weighted by Gasteiger charge is -2.37. The van der Waals surface area contributed by atoms with Crippen LogP contribution >= 0.6 is 0 Å². The third-order valence-electron chi connectivity index (χ3n) is 14.2. The van der Waals surface area contributed by atoms with E-state index in [0.29, 0.717) is 123 Å². The Kier molecular flexibility index (Phi) is 34.2. The molecule has 0 saturated carbocycles. The molecule has 0 aliphatic rings. The molecule has 92 heavy (non-hydrogen) atoms. The van der Waals surface area contributed by atoms with Crippen molar-refractivity contribution in [2.24, 2.45) is 10.9 Å². The topological polar surface area (TPSA) is 293 Å². The summed E-state index contributed by atoms with van der Waals surface area (Å²) in [5.41, 5.74) is 9.56. The Hall–Kier alpha value is -8.49. The van der Waals surface area contributed by atoms with Gasteiger partial charge in [0.15, 0.2) is 0 Å². The number of ether oxygens (including phenoxy) is 10. The SMILES string of the molecule is COc1ccc(C(NCCCCC(NC(=O)[C@H](Cc2ccccc2)NC(=O)CCC(=O)NCCOCCOCCOCCOCCOCCOCCOCCN)C(=O)Nc2ccc(COC(=O)Oc3ccc(N=O)cc3)cc2)(c2ccccc2)c2ccccc2)cc1. The Morgan fingerprint density at radius 2 is 0.989 bits per heavy atom. The first-order chi connectivity index (χ1) is 45.1. The van der Waals surface area contributed by atoms with Gasteiger partial charge in [-0.05, 0) is 107 Å². The number of nitrogens with zero attached hydrogens (tertiary/aromatic N) is 1. The lowest BCUT2D eigenvalue weighted by atomic mass is 9.77. The number of amides is 4. The van der Waals surface area contributed by atoms with Gasteiger partial charge in [0.25, 0.3) is 0 Å². The van der Waals surface area contributed by atoms with Crippen molar-refractivity contribution in [3.8, 4) is 11.5 Å². The fourth-order valence-corrected chi connectivity index (χ4v) is 9.48. The smallest absolute Gasteiger partial charge is 0.497 e. The minimum Gasteiger partial charge on any atom is -0.497 e. The van der Waals surface area contributed by atoms with Crippen LogP contribution in [-0.4, -0.2) is 161 Å². The van der Waals surface area contributed by atoms with Crippen molar-refractivity contribution in [1.29, 1.82) is 0 Å². The maximum absolute atomic E-state index is 14.5. The first kappa shape index (κ1) is 72.6. The first-order valence-corrected chi connectivity index (χ1v) is 30.9. The lowest BCUT2D eigenvalue weighted by molar-refractivity contribution is -0.131. The second-order valence-electron chi connectivity index (χ2n) is 20.8. The molecule has 7 N–H and O–H groups in total. The Morgan fingerprint density at radius 3 is 1.52 bits per heavy atom. The van der Waals surface area contributed by atoms with Crippen LogP contribution in [0.3, 0.4) is 0 Å². The quantitative estimate of drug-likeness (QED) is 0.00702. The van der Waals surface area contributed by atoms with Crippen molar-refractivity contribution in [2.45, 2.75) is 62.8 Å². The Bertz CT molecular complexity index is 3000. The van der Waals surface area contributed by atoms with Gasteiger partial charge in [0.1, 0.15) is 35.9 Å². The Balaban J connectivity index is 0.991. The summed E-state index contributed by atoms with van der Waals surface area (Å²) in [7, 11) is 1.63. The molecule has 6 rings (SSSR count). The summed E-state index contributed by atoms with van der Waals surface area (Å²) in [4.78, 5) is 78.6. The van der Waals surface area contributed by atoms with Crippen molar-refractivity contribution >= 4 is 41.2 Å². The first-order valence-electron chi connectivity index (χ1n) is 30.9. The molecule has 0 aromatic heterocycles. The van der Waals surface area contributed by atoms with Gasteiger partial charge in [-0.3, -0.25) is 24.5 Å². The van der Waals surface area contributed by atoms with Gasteiger partial charge in [-0.1, -0.05) is 115 Å². The summed E-state index contributed by atoms with van der Waals surface area (Å²) >= 11 is 0. The fourth-order valence-electron chi connectivity index (χ4n) is 9.48. The molecule has 23 heteroatoms. The molecule has 6 aromatic carbocycles. The van der Waals surface area contributed by atoms with Crippen LogP contribution in [0.1, 0.15) is 59.9 Å². The lowest BCUT2D eigenvalue weighted by Crippen LogP contribution is -2.53. The second kappa shape index (κ2) is 43.3. The third kappa shape index (κ3) is 27.1. The van der Waals surface area contributed by atoms with E-state index in [-0.39, 0.29) is 62.8 Å². The highest BCUT2D eigenvalue weighted by atomic mass is 16.7. The standard InChI is InChI=1S/C69H87N7O16/c1-83-60-28-22-57(23-29-60)69(55-15-7-3-8-16-55,56-17-9-4-10-18-56)72-35-12-11-19-62(66(79)73-58-24-20-54(21-25-58)52-91-68(81)92-61-30-26-59(76-82)27-31-61)75-67(80)63(51-53-13-5-2-6-14-53)74-65(78)33-32-64(77)71-36-38-85-40-42-87-44-46-89-48-50-90-49-47-88-45-43-86-41-39-84-37-34-70/h2-10,13-18,20-31,62-63,72H,11-12,19,32-52,70H2,1H3,(H,71,77)(H,73,79)(H,74,78)(H,75,80)/t62?,63-/m0/s1. The average molecular weight is 1270 g/mol. The predicted molar refractivity (Wildman–Crippen MR) is 346 cm³/mol. The zero-order valence-corrected chi connectivity index (χ0v) is 52.3. The van der Waals surface area contributed by atoms with E-state index in [1.807, 2.05) is 91.0 Å². The van der Waals surface area contributed by atoms with E-state index in [1.54, 1.807) is 31.4 Å². The van der Waals surface area contributed by atoms with Crippen LogP contribution in [0.2, 0.25) is 0 Å². The molecule has 0 spiro atoms. The molecule has 0 heterocycles. The third-order valence-corrected chi connectivity index (χ3v) is 14.2. The van der Waals surface area contributed by atoms with Crippen LogP contribution in [-0.2, 0) is 75.6 Å². The van der Waals surface area contributed by atoms with E-state index in [1.165, 1.54) is 24.3 Å². The maximum Gasteiger partial charge on any atom is 0.514 e. The highest BCUT2D eigenvalue weighted by Gasteiger charge is 2.36. The van der Waals surface area contributed by atoms with Gasteiger partial charge < -0.3 is 74.4 Å². The molecule has 494 valence electrons. The number of unbranched alkanes of at least 4 members (excludes halogenated alkanes) is 1. The van der Waals surface area contributed by atoms with Gasteiger partial charge in [-0.15, -0.1) is 4.91 Å². The number of hydrogen-bond donors (Lipinski definition) is 6. The molecular formula is C69H87N7O16. The fraction of sp³-hybridized carbons (Fsp3) is 0.406. The van der Waals surface area contributed by atoms with Gasteiger partial charge >= 0.3 is 6.16 Å². The van der Waals surface area contributed by atoms with Crippen LogP contribution in [0.5, 0.6) is 11.5 Å². The molecule has 0 aliphatic heterocycles. The van der Waals surface area contributed by atoms with E-state index >= 15 is 0 Å². The van der Waals surface area contributed by atoms with Crippen LogP contribution < -0.4 is 41.8 Å². The molecule has 6 aromatic rings. The molecule has 1 unspecified atom stereocenters. The number of benzene rings is 6. The van der Waals surface area contributed by atoms with E-state index in [0.717, 1.165) is 28.0 Å². The minimum absolute atomic E-state index is 0.0989. The molecule has 23 nitrogen and oxygen atoms in total. The molecule has 4 amide bonds. The number of anilines is 1. The van der Waals surface area contributed by atoms with Gasteiger partial charge in [0.05, 0.1) is 105 Å². The van der Waals surface area contributed by atoms with E-state index < -0.39 is 41.5 Å². The monoisotopic (exact) mass is 1270 g/mol. The second-order valence-corrected chi connectivity index (χ2v) is 20.8. The van der Waals surface area contributed by atoms with Gasteiger partial charge in [-0.2, -0.15) is 0 Å². The maximum atomic E-state index is 14.5. The van der Waals surface area contributed by atoms with E-state index in [4.69, 9.17) is 53.1 Å². The molecule has 0 bridgehead atoms. The average Bonchev–Trinajstić information content (AvgIpc) is 0.792. The van der Waals surface area contributed by atoms with Crippen molar-refractivity contribution in [3.05, 3.63) is 197 Å².